The molecule has 0 spiro atoms. The van der Waals surface area contributed by atoms with Crippen LogP contribution in [0.2, 0.25) is 0 Å². The van der Waals surface area contributed by atoms with Gasteiger partial charge in [0.15, 0.2) is 0 Å². The van der Waals surface area contributed by atoms with Crippen molar-refractivity contribution in [2.75, 3.05) is 0 Å². The molecule has 0 aromatic rings. The second kappa shape index (κ2) is 3.76. The normalized spacial score (nSPS) is 36.2. The molecule has 0 amide bonds. The van der Waals surface area contributed by atoms with Gasteiger partial charge in [0.05, 0.1) is 11.8 Å². The zero-order valence-corrected chi connectivity index (χ0v) is 8.87. The zero-order valence-electron chi connectivity index (χ0n) is 8.87. The summed E-state index contributed by atoms with van der Waals surface area (Å²) in [4.78, 5) is 22.3. The van der Waals surface area contributed by atoms with Crippen molar-refractivity contribution in [3.63, 3.8) is 0 Å². The fourth-order valence-corrected chi connectivity index (χ4v) is 2.09. The first-order valence-electron chi connectivity index (χ1n) is 5.36. The van der Waals surface area contributed by atoms with Crippen LogP contribution in [0.1, 0.15) is 6.42 Å². The third-order valence-corrected chi connectivity index (χ3v) is 2.92. The van der Waals surface area contributed by atoms with Gasteiger partial charge in [0.25, 0.3) is 6.29 Å². The standard InChI is InChI=1S/C12H10O5/c13-10-4-5-11(17-10)15-6-8-7-2-1-3-9(7)16-12(8)14/h1-2,4-7,9,11H,3H2/b8-6+/t7-,9-,11?/m1/s1. The van der Waals surface area contributed by atoms with Gasteiger partial charge < -0.3 is 14.2 Å². The van der Waals surface area contributed by atoms with Crippen molar-refractivity contribution in [3.05, 3.63) is 36.1 Å². The molecule has 0 radical (unpaired) electrons. The molecule has 1 saturated heterocycles. The van der Waals surface area contributed by atoms with E-state index in [1.165, 1.54) is 18.4 Å². The summed E-state index contributed by atoms with van der Waals surface area (Å²) in [6.07, 6.45) is 7.91. The Hall–Kier alpha value is -2.04. The van der Waals surface area contributed by atoms with Crippen molar-refractivity contribution in [3.8, 4) is 0 Å². The van der Waals surface area contributed by atoms with E-state index in [1.54, 1.807) is 0 Å². The van der Waals surface area contributed by atoms with E-state index in [0.29, 0.717) is 5.57 Å². The van der Waals surface area contributed by atoms with E-state index in [9.17, 15) is 9.59 Å². The van der Waals surface area contributed by atoms with Crippen LogP contribution in [0.5, 0.6) is 0 Å². The molecule has 0 saturated carbocycles. The van der Waals surface area contributed by atoms with Crippen LogP contribution in [-0.2, 0) is 23.8 Å². The fraction of sp³-hybridized carbons (Fsp3) is 0.333. The summed E-state index contributed by atoms with van der Waals surface area (Å²) < 4.78 is 15.1. The van der Waals surface area contributed by atoms with E-state index < -0.39 is 12.3 Å². The number of hydrogen-bond donors (Lipinski definition) is 0. The molecule has 1 aliphatic carbocycles. The quantitative estimate of drug-likeness (QED) is 0.306. The van der Waals surface area contributed by atoms with Gasteiger partial charge in [-0.25, -0.2) is 9.59 Å². The van der Waals surface area contributed by atoms with Gasteiger partial charge in [0, 0.05) is 24.5 Å². The highest BCUT2D eigenvalue weighted by Crippen LogP contribution is 2.35. The number of rotatable bonds is 2. The highest BCUT2D eigenvalue weighted by atomic mass is 16.7. The minimum atomic E-state index is -0.743. The van der Waals surface area contributed by atoms with Crippen LogP contribution < -0.4 is 0 Å². The smallest absolute Gasteiger partial charge is 0.338 e. The summed E-state index contributed by atoms with van der Waals surface area (Å²) in [6.45, 7) is 0. The second-order valence-corrected chi connectivity index (χ2v) is 4.01. The van der Waals surface area contributed by atoms with Crippen LogP contribution >= 0.6 is 0 Å². The molecule has 0 aromatic heterocycles. The lowest BCUT2D eigenvalue weighted by Crippen LogP contribution is -2.11. The van der Waals surface area contributed by atoms with Gasteiger partial charge in [-0.05, 0) is 0 Å². The van der Waals surface area contributed by atoms with Crippen LogP contribution in [0.3, 0.4) is 0 Å². The number of carbonyl (C=O) groups is 2. The van der Waals surface area contributed by atoms with Gasteiger partial charge >= 0.3 is 11.9 Å². The Morgan fingerprint density at radius 1 is 1.29 bits per heavy atom. The molecule has 3 atom stereocenters. The molecule has 2 heterocycles. The molecule has 0 bridgehead atoms. The molecule has 3 aliphatic rings. The topological polar surface area (TPSA) is 61.8 Å². The Morgan fingerprint density at radius 3 is 2.94 bits per heavy atom. The zero-order chi connectivity index (χ0) is 11.8. The number of hydrogen-bond acceptors (Lipinski definition) is 5. The summed E-state index contributed by atoms with van der Waals surface area (Å²) >= 11 is 0. The molecule has 17 heavy (non-hydrogen) atoms. The molecular formula is C12H10O5. The van der Waals surface area contributed by atoms with Gasteiger partial charge in [-0.1, -0.05) is 12.2 Å². The van der Waals surface area contributed by atoms with Crippen molar-refractivity contribution in [1.29, 1.82) is 0 Å². The molecule has 0 N–H and O–H groups in total. The summed E-state index contributed by atoms with van der Waals surface area (Å²) in [5.41, 5.74) is 0.472. The number of cyclic esters (lactones) is 1. The Morgan fingerprint density at radius 2 is 2.18 bits per heavy atom. The van der Waals surface area contributed by atoms with Crippen LogP contribution in [0, 0.1) is 5.92 Å². The maximum absolute atomic E-state index is 11.5. The molecule has 5 nitrogen and oxygen atoms in total. The molecule has 88 valence electrons. The number of fused-ring (bicyclic) bond motifs is 1. The molecule has 1 unspecified atom stereocenters. The molecule has 1 fully saturated rings. The van der Waals surface area contributed by atoms with Gasteiger partial charge in [-0.2, -0.15) is 0 Å². The van der Waals surface area contributed by atoms with Gasteiger partial charge in [-0.3, -0.25) is 0 Å². The van der Waals surface area contributed by atoms with Gasteiger partial charge in [0.1, 0.15) is 6.10 Å². The van der Waals surface area contributed by atoms with Crippen molar-refractivity contribution in [2.45, 2.75) is 18.8 Å². The Balaban J connectivity index is 1.71. The monoisotopic (exact) mass is 234 g/mol. The van der Waals surface area contributed by atoms with Crippen molar-refractivity contribution in [1.82, 2.24) is 0 Å². The molecule has 2 aliphatic heterocycles. The summed E-state index contributed by atoms with van der Waals surface area (Å²) in [6, 6.07) is 0. The largest absolute Gasteiger partial charge is 0.458 e. The van der Waals surface area contributed by atoms with E-state index >= 15 is 0 Å². The average molecular weight is 234 g/mol. The van der Waals surface area contributed by atoms with E-state index in [-0.39, 0.29) is 18.0 Å². The minimum absolute atomic E-state index is 0.0383. The van der Waals surface area contributed by atoms with Crippen molar-refractivity contribution in [2.24, 2.45) is 5.92 Å². The van der Waals surface area contributed by atoms with E-state index in [4.69, 9.17) is 14.2 Å². The minimum Gasteiger partial charge on any atom is -0.458 e. The van der Waals surface area contributed by atoms with Crippen LogP contribution in [0.25, 0.3) is 0 Å². The van der Waals surface area contributed by atoms with Gasteiger partial charge in [0.2, 0.25) is 0 Å². The molecular weight excluding hydrogens is 224 g/mol. The van der Waals surface area contributed by atoms with Crippen LogP contribution in [-0.4, -0.2) is 24.3 Å². The number of ether oxygens (including phenoxy) is 3. The first kappa shape index (κ1) is 10.1. The SMILES string of the molecule is O=C1C=CC(O/C=C2/C(=O)O[C@@H]3CC=C[C@H]23)O1. The summed E-state index contributed by atoms with van der Waals surface area (Å²) in [5.74, 6) is -0.845. The fourth-order valence-electron chi connectivity index (χ4n) is 2.09. The Bertz CT molecular complexity index is 460. The third-order valence-electron chi connectivity index (χ3n) is 2.92. The lowest BCUT2D eigenvalue weighted by molar-refractivity contribution is -0.151. The molecule has 5 heteroatoms. The predicted molar refractivity (Wildman–Crippen MR) is 55.3 cm³/mol. The maximum Gasteiger partial charge on any atom is 0.338 e. The Kier molecular flexibility index (Phi) is 2.24. The molecule has 3 rings (SSSR count). The van der Waals surface area contributed by atoms with Crippen molar-refractivity contribution >= 4 is 11.9 Å². The van der Waals surface area contributed by atoms with E-state index in [0.717, 1.165) is 6.42 Å². The van der Waals surface area contributed by atoms with E-state index in [1.807, 2.05) is 12.2 Å². The number of esters is 2. The van der Waals surface area contributed by atoms with Crippen molar-refractivity contribution < 1.29 is 23.8 Å². The van der Waals surface area contributed by atoms with Gasteiger partial charge in [-0.15, -0.1) is 0 Å². The summed E-state index contributed by atoms with van der Waals surface area (Å²) in [5, 5.41) is 0. The Labute approximate surface area is 97.3 Å². The highest BCUT2D eigenvalue weighted by molar-refractivity contribution is 5.92. The first-order valence-corrected chi connectivity index (χ1v) is 5.36. The summed E-state index contributed by atoms with van der Waals surface area (Å²) in [7, 11) is 0. The lowest BCUT2D eigenvalue weighted by atomic mass is 10.0. The molecule has 0 aromatic carbocycles. The van der Waals surface area contributed by atoms with E-state index in [2.05, 4.69) is 0 Å². The lowest BCUT2D eigenvalue weighted by Gasteiger charge is -2.09. The second-order valence-electron chi connectivity index (χ2n) is 4.01. The maximum atomic E-state index is 11.5. The average Bonchev–Trinajstić information content (AvgIpc) is 2.93. The first-order chi connectivity index (χ1) is 8.24. The third kappa shape index (κ3) is 1.73. The van der Waals surface area contributed by atoms with Crippen LogP contribution in [0.15, 0.2) is 36.1 Å². The van der Waals surface area contributed by atoms with Crippen LogP contribution in [0.4, 0.5) is 0 Å². The number of carbonyl (C=O) groups excluding carboxylic acids is 2. The predicted octanol–water partition coefficient (Wildman–Crippen LogP) is 0.827. The highest BCUT2D eigenvalue weighted by Gasteiger charge is 2.40.